The van der Waals surface area contributed by atoms with Gasteiger partial charge in [0, 0.05) is 39.8 Å². The molecule has 1 heterocycles. The molecule has 0 radical (unpaired) electrons. The van der Waals surface area contributed by atoms with Gasteiger partial charge in [-0.2, -0.15) is 13.2 Å². The lowest BCUT2D eigenvalue weighted by atomic mass is 10.2. The van der Waals surface area contributed by atoms with Crippen molar-refractivity contribution in [3.63, 3.8) is 0 Å². The second-order valence-electron chi connectivity index (χ2n) is 6.61. The highest BCUT2D eigenvalue weighted by Crippen LogP contribution is 2.20. The molecule has 1 fully saturated rings. The van der Waals surface area contributed by atoms with Crippen LogP contribution >= 0.6 is 0 Å². The number of nitrogens with one attached hydrogen (secondary N) is 1. The number of halogens is 4. The molecule has 1 aromatic carbocycles. The number of anilines is 1. The van der Waals surface area contributed by atoms with Crippen LogP contribution in [0.1, 0.15) is 6.42 Å². The molecule has 1 saturated heterocycles. The minimum atomic E-state index is -4.17. The summed E-state index contributed by atoms with van der Waals surface area (Å²) in [6.45, 7) is 2.74. The first-order valence-corrected chi connectivity index (χ1v) is 9.00. The lowest BCUT2D eigenvalue weighted by Crippen LogP contribution is -2.53. The second kappa shape index (κ2) is 9.77. The van der Waals surface area contributed by atoms with Crippen LogP contribution < -0.4 is 10.2 Å². The molecule has 1 aliphatic heterocycles. The van der Waals surface area contributed by atoms with Gasteiger partial charge in [0.25, 0.3) is 0 Å². The van der Waals surface area contributed by atoms with Gasteiger partial charge in [-0.15, -0.1) is 0 Å². The van der Waals surface area contributed by atoms with Crippen molar-refractivity contribution in [3.8, 4) is 0 Å². The maximum absolute atomic E-state index is 13.9. The summed E-state index contributed by atoms with van der Waals surface area (Å²) in [6.07, 6.45) is -3.59. The van der Waals surface area contributed by atoms with Gasteiger partial charge >= 0.3 is 6.18 Å². The van der Waals surface area contributed by atoms with E-state index in [0.29, 0.717) is 51.4 Å². The number of para-hydroxylation sites is 1. The van der Waals surface area contributed by atoms with Gasteiger partial charge in [-0.3, -0.25) is 9.89 Å². The number of hydrogen-bond acceptors (Lipinski definition) is 3. The molecule has 1 N–H and O–H groups in total. The van der Waals surface area contributed by atoms with Crippen molar-refractivity contribution in [1.82, 2.24) is 15.1 Å². The highest BCUT2D eigenvalue weighted by molar-refractivity contribution is 5.80. The summed E-state index contributed by atoms with van der Waals surface area (Å²) in [5.74, 6) is 0.498. The molecule has 0 atom stereocenters. The van der Waals surface area contributed by atoms with Crippen molar-refractivity contribution in [1.29, 1.82) is 0 Å². The Kier molecular flexibility index (Phi) is 7.70. The van der Waals surface area contributed by atoms with Gasteiger partial charge < -0.3 is 15.1 Å². The van der Waals surface area contributed by atoms with Gasteiger partial charge in [0.05, 0.1) is 12.2 Å². The number of aliphatic imine (C=N–C) groups is 1. The van der Waals surface area contributed by atoms with Gasteiger partial charge in [-0.05, 0) is 32.1 Å². The molecule has 0 bridgehead atoms. The van der Waals surface area contributed by atoms with Gasteiger partial charge in [-0.25, -0.2) is 4.39 Å². The van der Waals surface area contributed by atoms with Crippen molar-refractivity contribution in [3.05, 3.63) is 30.1 Å². The Balaban J connectivity index is 1.73. The first-order chi connectivity index (χ1) is 12.8. The predicted molar refractivity (Wildman–Crippen MR) is 99.7 cm³/mol. The molecule has 0 aromatic heterocycles. The van der Waals surface area contributed by atoms with E-state index in [2.05, 4.69) is 15.2 Å². The lowest BCUT2D eigenvalue weighted by molar-refractivity contribution is -0.143. The van der Waals surface area contributed by atoms with E-state index < -0.39 is 12.7 Å². The van der Waals surface area contributed by atoms with Crippen molar-refractivity contribution >= 4 is 11.6 Å². The second-order valence-corrected chi connectivity index (χ2v) is 6.61. The van der Waals surface area contributed by atoms with Crippen molar-refractivity contribution < 1.29 is 17.6 Å². The Bertz CT molecular complexity index is 612. The minimum Gasteiger partial charge on any atom is -0.366 e. The molecule has 5 nitrogen and oxygen atoms in total. The van der Waals surface area contributed by atoms with Crippen molar-refractivity contribution in [2.45, 2.75) is 12.6 Å². The number of alkyl halides is 3. The summed E-state index contributed by atoms with van der Waals surface area (Å²) in [4.78, 5) is 9.60. The standard InChI is InChI=1S/C18H27F4N5/c1-23-17(24-8-5-9-25(2)14-18(20,21)22)27-12-10-26(11-13-27)16-7-4-3-6-15(16)19/h3-4,6-7H,5,8-14H2,1-2H3,(H,23,24). The number of piperazine rings is 1. The Morgan fingerprint density at radius 2 is 1.85 bits per heavy atom. The van der Waals surface area contributed by atoms with Crippen LogP contribution in [0, 0.1) is 5.82 Å². The zero-order chi connectivity index (χ0) is 19.9. The van der Waals surface area contributed by atoms with Crippen LogP contribution in [0.15, 0.2) is 29.3 Å². The Morgan fingerprint density at radius 1 is 1.19 bits per heavy atom. The van der Waals surface area contributed by atoms with Crippen molar-refractivity contribution in [2.75, 3.05) is 64.8 Å². The molecule has 0 saturated carbocycles. The third kappa shape index (κ3) is 6.89. The molecule has 27 heavy (non-hydrogen) atoms. The number of nitrogens with zero attached hydrogens (tertiary/aromatic N) is 4. The van der Waals surface area contributed by atoms with Crippen LogP contribution in [-0.2, 0) is 0 Å². The fourth-order valence-electron chi connectivity index (χ4n) is 3.13. The molecular weight excluding hydrogens is 362 g/mol. The number of hydrogen-bond donors (Lipinski definition) is 1. The SMILES string of the molecule is CN=C(NCCCN(C)CC(F)(F)F)N1CCN(c2ccccc2F)CC1. The molecule has 0 unspecified atom stereocenters. The van der Waals surface area contributed by atoms with Gasteiger partial charge in [-0.1, -0.05) is 12.1 Å². The summed E-state index contributed by atoms with van der Waals surface area (Å²) >= 11 is 0. The van der Waals surface area contributed by atoms with Gasteiger partial charge in [0.15, 0.2) is 5.96 Å². The quantitative estimate of drug-likeness (QED) is 0.351. The van der Waals surface area contributed by atoms with Crippen LogP contribution in [0.5, 0.6) is 0 Å². The molecule has 2 rings (SSSR count). The lowest BCUT2D eigenvalue weighted by Gasteiger charge is -2.37. The number of rotatable bonds is 6. The fraction of sp³-hybridized carbons (Fsp3) is 0.611. The molecule has 0 spiro atoms. The third-order valence-electron chi connectivity index (χ3n) is 4.43. The number of guanidine groups is 1. The van der Waals surface area contributed by atoms with E-state index in [9.17, 15) is 17.6 Å². The zero-order valence-corrected chi connectivity index (χ0v) is 15.8. The van der Waals surface area contributed by atoms with Crippen LogP contribution in [0.25, 0.3) is 0 Å². The van der Waals surface area contributed by atoms with Gasteiger partial charge in [0.1, 0.15) is 5.82 Å². The Hall–Kier alpha value is -2.03. The molecule has 9 heteroatoms. The van der Waals surface area contributed by atoms with E-state index in [0.717, 1.165) is 5.96 Å². The first-order valence-electron chi connectivity index (χ1n) is 9.00. The summed E-state index contributed by atoms with van der Waals surface area (Å²) in [5.41, 5.74) is 0.604. The normalized spacial score (nSPS) is 16.2. The number of benzene rings is 1. The van der Waals surface area contributed by atoms with E-state index in [4.69, 9.17) is 0 Å². The van der Waals surface area contributed by atoms with Crippen LogP contribution in [0.4, 0.5) is 23.2 Å². The average molecular weight is 389 g/mol. The predicted octanol–water partition coefficient (Wildman–Crippen LogP) is 2.41. The van der Waals surface area contributed by atoms with E-state index in [1.54, 1.807) is 19.2 Å². The minimum absolute atomic E-state index is 0.226. The average Bonchev–Trinajstić information content (AvgIpc) is 2.61. The summed E-state index contributed by atoms with van der Waals surface area (Å²) in [5, 5.41) is 3.20. The Morgan fingerprint density at radius 3 is 2.44 bits per heavy atom. The van der Waals surface area contributed by atoms with E-state index >= 15 is 0 Å². The summed E-state index contributed by atoms with van der Waals surface area (Å²) in [7, 11) is 3.14. The smallest absolute Gasteiger partial charge is 0.366 e. The molecule has 152 valence electrons. The van der Waals surface area contributed by atoms with Crippen molar-refractivity contribution in [2.24, 2.45) is 4.99 Å². The van der Waals surface area contributed by atoms with Crippen LogP contribution in [0.2, 0.25) is 0 Å². The highest BCUT2D eigenvalue weighted by Gasteiger charge is 2.28. The zero-order valence-electron chi connectivity index (χ0n) is 15.8. The van der Waals surface area contributed by atoms with E-state index in [1.165, 1.54) is 18.0 Å². The maximum Gasteiger partial charge on any atom is 0.401 e. The largest absolute Gasteiger partial charge is 0.401 e. The fourth-order valence-corrected chi connectivity index (χ4v) is 3.13. The Labute approximate surface area is 157 Å². The molecular formula is C18H27F4N5. The summed E-state index contributed by atoms with van der Waals surface area (Å²) in [6, 6.07) is 6.72. The third-order valence-corrected chi connectivity index (χ3v) is 4.43. The monoisotopic (exact) mass is 389 g/mol. The van der Waals surface area contributed by atoms with Crippen LogP contribution in [-0.4, -0.2) is 81.8 Å². The molecule has 0 amide bonds. The molecule has 0 aliphatic carbocycles. The molecule has 1 aromatic rings. The highest BCUT2D eigenvalue weighted by atomic mass is 19.4. The molecule has 1 aliphatic rings. The first kappa shape index (κ1) is 21.3. The maximum atomic E-state index is 13.9. The van der Waals surface area contributed by atoms with Gasteiger partial charge in [0.2, 0.25) is 0 Å². The van der Waals surface area contributed by atoms with E-state index in [-0.39, 0.29) is 5.82 Å². The topological polar surface area (TPSA) is 34.1 Å². The van der Waals surface area contributed by atoms with Crippen LogP contribution in [0.3, 0.4) is 0 Å². The van der Waals surface area contributed by atoms with E-state index in [1.807, 2.05) is 11.0 Å². The summed E-state index contributed by atoms with van der Waals surface area (Å²) < 4.78 is 50.8.